The molecule has 3 heterocycles. The second-order valence-corrected chi connectivity index (χ2v) is 6.93. The predicted molar refractivity (Wildman–Crippen MR) is 117 cm³/mol. The summed E-state index contributed by atoms with van der Waals surface area (Å²) in [6.45, 7) is 2.86. The van der Waals surface area contributed by atoms with Crippen LogP contribution in [0.2, 0.25) is 0 Å². The molecule has 4 N–H and O–H groups in total. The molecular weight excluding hydrogens is 358 g/mol. The van der Waals surface area contributed by atoms with Gasteiger partial charge in [0.2, 0.25) is 0 Å². The van der Waals surface area contributed by atoms with Crippen molar-refractivity contribution in [1.29, 1.82) is 0 Å². The minimum absolute atomic E-state index is 0.387. The molecule has 4 rings (SSSR count). The predicted octanol–water partition coefficient (Wildman–Crippen LogP) is 4.10. The first-order valence-electron chi connectivity index (χ1n) is 9.58. The van der Waals surface area contributed by atoms with Gasteiger partial charge < -0.3 is 11.5 Å². The summed E-state index contributed by atoms with van der Waals surface area (Å²) in [7, 11) is 0. The summed E-state index contributed by atoms with van der Waals surface area (Å²) in [5.74, 6) is 0. The number of benzene rings is 1. The van der Waals surface area contributed by atoms with Gasteiger partial charge in [-0.2, -0.15) is 0 Å². The molecule has 0 saturated heterocycles. The molecule has 0 aliphatic heterocycles. The first kappa shape index (κ1) is 18.9. The summed E-state index contributed by atoms with van der Waals surface area (Å²) in [4.78, 5) is 14.2. The highest BCUT2D eigenvalue weighted by atomic mass is 14.8. The van der Waals surface area contributed by atoms with Crippen LogP contribution in [0.1, 0.15) is 17.0 Å². The van der Waals surface area contributed by atoms with E-state index in [1.54, 1.807) is 0 Å². The molecule has 0 atom stereocenters. The quantitative estimate of drug-likeness (QED) is 0.543. The van der Waals surface area contributed by atoms with Crippen molar-refractivity contribution in [3.8, 4) is 33.9 Å². The van der Waals surface area contributed by atoms with Gasteiger partial charge in [0.25, 0.3) is 0 Å². The third-order valence-corrected chi connectivity index (χ3v) is 4.77. The number of nitrogens with two attached hydrogens (primary N) is 2. The fourth-order valence-electron chi connectivity index (χ4n) is 3.18. The maximum Gasteiger partial charge on any atom is 0.0900 e. The highest BCUT2D eigenvalue weighted by molar-refractivity contribution is 5.74. The zero-order chi connectivity index (χ0) is 20.2. The van der Waals surface area contributed by atoms with Crippen molar-refractivity contribution in [2.45, 2.75) is 20.0 Å². The molecule has 5 nitrogen and oxygen atoms in total. The average Bonchev–Trinajstić information content (AvgIpc) is 2.79. The third kappa shape index (κ3) is 4.21. The summed E-state index contributed by atoms with van der Waals surface area (Å²) < 4.78 is 0. The van der Waals surface area contributed by atoms with Crippen molar-refractivity contribution in [3.63, 3.8) is 0 Å². The molecule has 0 amide bonds. The van der Waals surface area contributed by atoms with E-state index in [0.717, 1.165) is 45.3 Å². The van der Waals surface area contributed by atoms with Crippen LogP contribution >= 0.6 is 0 Å². The highest BCUT2D eigenvalue weighted by Gasteiger charge is 2.11. The van der Waals surface area contributed by atoms with Crippen LogP contribution < -0.4 is 11.5 Å². The molecule has 29 heavy (non-hydrogen) atoms. The van der Waals surface area contributed by atoms with Crippen LogP contribution in [0.4, 0.5) is 0 Å². The van der Waals surface area contributed by atoms with E-state index in [1.165, 1.54) is 5.56 Å². The molecule has 5 heteroatoms. The molecule has 0 bridgehead atoms. The maximum absolute atomic E-state index is 5.78. The molecule has 0 spiro atoms. The Labute approximate surface area is 170 Å². The summed E-state index contributed by atoms with van der Waals surface area (Å²) in [6.07, 6.45) is 0. The number of nitrogens with zero attached hydrogens (tertiary/aromatic N) is 3. The molecular formula is C24H23N5. The van der Waals surface area contributed by atoms with E-state index in [9.17, 15) is 0 Å². The Morgan fingerprint density at radius 3 is 1.59 bits per heavy atom. The average molecular weight is 381 g/mol. The van der Waals surface area contributed by atoms with Gasteiger partial charge in [0.05, 0.1) is 34.2 Å². The highest BCUT2D eigenvalue weighted by Crippen LogP contribution is 2.29. The Balaban J connectivity index is 1.90. The molecule has 0 aliphatic carbocycles. The zero-order valence-electron chi connectivity index (χ0n) is 16.3. The SMILES string of the molecule is Cc1ccc(-c2cc(-c3cccc(CN)n3)nc(-c3cccc(CN)n3)c2)cc1. The van der Waals surface area contributed by atoms with Gasteiger partial charge in [-0.15, -0.1) is 0 Å². The Morgan fingerprint density at radius 1 is 0.586 bits per heavy atom. The van der Waals surface area contributed by atoms with Gasteiger partial charge in [-0.05, 0) is 54.4 Å². The minimum atomic E-state index is 0.387. The first-order valence-corrected chi connectivity index (χ1v) is 9.58. The lowest BCUT2D eigenvalue weighted by molar-refractivity contribution is 0.986. The Kier molecular flexibility index (Phi) is 5.42. The first-order chi connectivity index (χ1) is 14.2. The van der Waals surface area contributed by atoms with Crippen LogP contribution in [0.15, 0.2) is 72.8 Å². The minimum Gasteiger partial charge on any atom is -0.325 e. The van der Waals surface area contributed by atoms with E-state index in [-0.39, 0.29) is 0 Å². The standard InChI is InChI=1S/C24H23N5/c1-16-8-10-17(11-9-16)18-12-23(21-6-2-4-19(14-25)27-21)29-24(13-18)22-7-3-5-20(15-26)28-22/h2-13H,14-15,25-26H2,1H3. The van der Waals surface area contributed by atoms with Gasteiger partial charge in [0.1, 0.15) is 0 Å². The third-order valence-electron chi connectivity index (χ3n) is 4.77. The number of rotatable bonds is 5. The Bertz CT molecular complexity index is 1070. The Morgan fingerprint density at radius 2 is 1.10 bits per heavy atom. The van der Waals surface area contributed by atoms with Crippen molar-refractivity contribution in [3.05, 3.63) is 89.7 Å². The van der Waals surface area contributed by atoms with Gasteiger partial charge in [0.15, 0.2) is 0 Å². The van der Waals surface area contributed by atoms with Gasteiger partial charge in [-0.25, -0.2) is 15.0 Å². The molecule has 0 radical (unpaired) electrons. The van der Waals surface area contributed by atoms with E-state index in [4.69, 9.17) is 16.5 Å². The van der Waals surface area contributed by atoms with Crippen molar-refractivity contribution in [1.82, 2.24) is 15.0 Å². The van der Waals surface area contributed by atoms with Crippen LogP contribution in [0.5, 0.6) is 0 Å². The monoisotopic (exact) mass is 381 g/mol. The van der Waals surface area contributed by atoms with Crippen LogP contribution in [0.3, 0.4) is 0 Å². The zero-order valence-corrected chi connectivity index (χ0v) is 16.3. The smallest absolute Gasteiger partial charge is 0.0900 e. The van der Waals surface area contributed by atoms with E-state index < -0.39 is 0 Å². The summed E-state index contributed by atoms with van der Waals surface area (Å²) in [5, 5.41) is 0. The van der Waals surface area contributed by atoms with Crippen LogP contribution in [0, 0.1) is 6.92 Å². The van der Waals surface area contributed by atoms with Gasteiger partial charge in [0, 0.05) is 13.1 Å². The number of aromatic nitrogens is 3. The van der Waals surface area contributed by atoms with Crippen molar-refractivity contribution >= 4 is 0 Å². The molecule has 4 aromatic rings. The lowest BCUT2D eigenvalue weighted by Gasteiger charge is -2.11. The molecule has 144 valence electrons. The van der Waals surface area contributed by atoms with E-state index in [0.29, 0.717) is 13.1 Å². The molecule has 0 unspecified atom stereocenters. The largest absolute Gasteiger partial charge is 0.325 e. The normalized spacial score (nSPS) is 10.9. The fourth-order valence-corrected chi connectivity index (χ4v) is 3.18. The number of hydrogen-bond donors (Lipinski definition) is 2. The lowest BCUT2D eigenvalue weighted by Crippen LogP contribution is -2.02. The van der Waals surface area contributed by atoms with Crippen LogP contribution in [0.25, 0.3) is 33.9 Å². The number of hydrogen-bond acceptors (Lipinski definition) is 5. The van der Waals surface area contributed by atoms with Gasteiger partial charge >= 0.3 is 0 Å². The molecule has 0 saturated carbocycles. The second-order valence-electron chi connectivity index (χ2n) is 6.93. The Hall–Kier alpha value is -3.41. The summed E-state index contributed by atoms with van der Waals surface area (Å²) in [5.41, 5.74) is 19.8. The summed E-state index contributed by atoms with van der Waals surface area (Å²) in [6, 6.07) is 24.2. The lowest BCUT2D eigenvalue weighted by atomic mass is 10.0. The molecule has 0 fully saturated rings. The fraction of sp³-hybridized carbons (Fsp3) is 0.125. The summed E-state index contributed by atoms with van der Waals surface area (Å²) >= 11 is 0. The van der Waals surface area contributed by atoms with E-state index in [1.807, 2.05) is 36.4 Å². The molecule has 0 aliphatic rings. The van der Waals surface area contributed by atoms with Crippen molar-refractivity contribution < 1.29 is 0 Å². The van der Waals surface area contributed by atoms with E-state index in [2.05, 4.69) is 53.3 Å². The van der Waals surface area contributed by atoms with Gasteiger partial charge in [-0.1, -0.05) is 42.0 Å². The van der Waals surface area contributed by atoms with Crippen LogP contribution in [-0.2, 0) is 13.1 Å². The maximum atomic E-state index is 5.78. The topological polar surface area (TPSA) is 90.7 Å². The number of aryl methyl sites for hydroxylation is 1. The van der Waals surface area contributed by atoms with Crippen LogP contribution in [-0.4, -0.2) is 15.0 Å². The van der Waals surface area contributed by atoms with Crippen molar-refractivity contribution in [2.75, 3.05) is 0 Å². The van der Waals surface area contributed by atoms with Gasteiger partial charge in [-0.3, -0.25) is 0 Å². The second kappa shape index (κ2) is 8.31. The molecule has 1 aromatic carbocycles. The molecule has 3 aromatic heterocycles. The van der Waals surface area contributed by atoms with Crippen molar-refractivity contribution in [2.24, 2.45) is 11.5 Å². The number of pyridine rings is 3. The van der Waals surface area contributed by atoms with E-state index >= 15 is 0 Å².